The summed E-state index contributed by atoms with van der Waals surface area (Å²) in [4.78, 5) is 0. The predicted molar refractivity (Wildman–Crippen MR) is 47.9 cm³/mol. The minimum absolute atomic E-state index is 0.238. The summed E-state index contributed by atoms with van der Waals surface area (Å²) in [6.45, 7) is 0.645. The van der Waals surface area contributed by atoms with Crippen LogP contribution in [-0.2, 0) is 4.74 Å². The largest absolute Gasteiger partial charge is 0.522 e. The van der Waals surface area contributed by atoms with Gasteiger partial charge in [0.15, 0.2) is 0 Å². The molecule has 2 nitrogen and oxygen atoms in total. The molecule has 0 aliphatic heterocycles. The van der Waals surface area contributed by atoms with Crippen molar-refractivity contribution in [2.75, 3.05) is 25.0 Å². The summed E-state index contributed by atoms with van der Waals surface area (Å²) in [6.07, 6.45) is -2.53. The van der Waals surface area contributed by atoms with Crippen molar-refractivity contribution in [2.24, 2.45) is 0 Å². The lowest BCUT2D eigenvalue weighted by Crippen LogP contribution is -2.25. The molecule has 80 valence electrons. The number of halogens is 4. The maximum Gasteiger partial charge on any atom is 0.522 e. The predicted octanol–water partition coefficient (Wildman–Crippen LogP) is 2.29. The first-order valence-electron chi connectivity index (χ1n) is 4.03. The van der Waals surface area contributed by atoms with Gasteiger partial charge < -0.3 is 5.32 Å². The third kappa shape index (κ3) is 12.2. The summed E-state index contributed by atoms with van der Waals surface area (Å²) >= 11 is 3.26. The number of hydrogen-bond donors (Lipinski definition) is 1. The van der Waals surface area contributed by atoms with E-state index in [0.717, 1.165) is 24.7 Å². The Balaban J connectivity index is 3.00. The van der Waals surface area contributed by atoms with Gasteiger partial charge in [0.2, 0.25) is 0 Å². The fourth-order valence-electron chi connectivity index (χ4n) is 0.708. The van der Waals surface area contributed by atoms with E-state index in [9.17, 15) is 13.2 Å². The Hall–Kier alpha value is 0.190. The summed E-state index contributed by atoms with van der Waals surface area (Å²) in [5.41, 5.74) is 0. The Labute approximate surface area is 84.0 Å². The van der Waals surface area contributed by atoms with Gasteiger partial charge in [-0.15, -0.1) is 13.2 Å². The highest BCUT2D eigenvalue weighted by Crippen LogP contribution is 2.14. The molecule has 0 aromatic rings. The van der Waals surface area contributed by atoms with Crippen molar-refractivity contribution in [3.8, 4) is 0 Å². The molecule has 0 aliphatic carbocycles. The van der Waals surface area contributed by atoms with Gasteiger partial charge in [0.25, 0.3) is 0 Å². The Kier molecular flexibility index (Phi) is 7.69. The molecule has 0 radical (unpaired) electrons. The quantitative estimate of drug-likeness (QED) is 0.562. The molecule has 0 rings (SSSR count). The van der Waals surface area contributed by atoms with Gasteiger partial charge >= 0.3 is 6.36 Å². The average Bonchev–Trinajstić information content (AvgIpc) is 2.01. The normalized spacial score (nSPS) is 12.0. The number of ether oxygens (including phenoxy) is 1. The van der Waals surface area contributed by atoms with Crippen molar-refractivity contribution < 1.29 is 17.9 Å². The molecule has 0 atom stereocenters. The van der Waals surface area contributed by atoms with Crippen molar-refractivity contribution in [1.29, 1.82) is 0 Å². The Morgan fingerprint density at radius 3 is 2.38 bits per heavy atom. The van der Waals surface area contributed by atoms with Crippen LogP contribution in [0.25, 0.3) is 0 Å². The van der Waals surface area contributed by atoms with E-state index in [4.69, 9.17) is 0 Å². The van der Waals surface area contributed by atoms with Crippen LogP contribution in [0.3, 0.4) is 0 Å². The maximum atomic E-state index is 11.4. The zero-order valence-electron chi connectivity index (χ0n) is 7.16. The number of unbranched alkanes of at least 4 members (excludes halogenated alkanes) is 1. The minimum atomic E-state index is -4.50. The van der Waals surface area contributed by atoms with Gasteiger partial charge in [0.05, 0.1) is 6.61 Å². The molecular formula is C7H13BrF3NO. The van der Waals surface area contributed by atoms with Gasteiger partial charge in [-0.25, -0.2) is 0 Å². The van der Waals surface area contributed by atoms with Crippen LogP contribution in [-0.4, -0.2) is 31.4 Å². The fourth-order valence-corrected chi connectivity index (χ4v) is 1.10. The molecule has 0 aliphatic rings. The summed E-state index contributed by atoms with van der Waals surface area (Å²) in [5, 5.41) is 3.77. The standard InChI is InChI=1S/C7H13BrF3NO/c8-3-1-2-4-12-5-6-13-7(9,10)11/h12H,1-6H2. The third-order valence-electron chi connectivity index (χ3n) is 1.28. The maximum absolute atomic E-state index is 11.4. The summed E-state index contributed by atoms with van der Waals surface area (Å²) in [5.74, 6) is 0. The lowest BCUT2D eigenvalue weighted by Gasteiger charge is -2.07. The van der Waals surface area contributed by atoms with Crippen LogP contribution < -0.4 is 5.32 Å². The highest BCUT2D eigenvalue weighted by atomic mass is 79.9. The summed E-state index contributed by atoms with van der Waals surface area (Å²) in [6, 6.07) is 0. The zero-order valence-corrected chi connectivity index (χ0v) is 8.75. The second kappa shape index (κ2) is 7.58. The van der Waals surface area contributed by atoms with Crippen LogP contribution in [0.1, 0.15) is 12.8 Å². The van der Waals surface area contributed by atoms with E-state index in [0.29, 0.717) is 0 Å². The molecule has 0 saturated carbocycles. The summed E-state index contributed by atoms with van der Waals surface area (Å²) < 4.78 is 37.9. The molecule has 6 heteroatoms. The molecule has 0 saturated heterocycles. The second-order valence-electron chi connectivity index (χ2n) is 2.44. The van der Waals surface area contributed by atoms with E-state index in [1.165, 1.54) is 0 Å². The van der Waals surface area contributed by atoms with E-state index in [-0.39, 0.29) is 13.2 Å². The van der Waals surface area contributed by atoms with Crippen molar-refractivity contribution >= 4 is 15.9 Å². The van der Waals surface area contributed by atoms with Crippen LogP contribution in [0, 0.1) is 0 Å². The topological polar surface area (TPSA) is 21.3 Å². The van der Waals surface area contributed by atoms with Crippen LogP contribution in [0.4, 0.5) is 13.2 Å². The van der Waals surface area contributed by atoms with Crippen LogP contribution in [0.15, 0.2) is 0 Å². The van der Waals surface area contributed by atoms with Crippen molar-refractivity contribution in [2.45, 2.75) is 19.2 Å². The minimum Gasteiger partial charge on any atom is -0.314 e. The molecule has 0 aromatic heterocycles. The highest BCUT2D eigenvalue weighted by molar-refractivity contribution is 9.09. The van der Waals surface area contributed by atoms with Crippen molar-refractivity contribution in [3.05, 3.63) is 0 Å². The second-order valence-corrected chi connectivity index (χ2v) is 3.23. The first kappa shape index (κ1) is 13.2. The summed E-state index contributed by atoms with van der Waals surface area (Å²) in [7, 11) is 0. The first-order chi connectivity index (χ1) is 6.06. The molecule has 1 N–H and O–H groups in total. The van der Waals surface area contributed by atoms with Gasteiger partial charge in [0, 0.05) is 11.9 Å². The molecule has 0 amide bonds. The van der Waals surface area contributed by atoms with Crippen molar-refractivity contribution in [1.82, 2.24) is 5.32 Å². The van der Waals surface area contributed by atoms with Crippen molar-refractivity contribution in [3.63, 3.8) is 0 Å². The Bertz CT molecular complexity index is 121. The van der Waals surface area contributed by atoms with Gasteiger partial charge in [-0.1, -0.05) is 15.9 Å². The number of hydrogen-bond acceptors (Lipinski definition) is 2. The monoisotopic (exact) mass is 263 g/mol. The highest BCUT2D eigenvalue weighted by Gasteiger charge is 2.28. The average molecular weight is 264 g/mol. The van der Waals surface area contributed by atoms with E-state index in [2.05, 4.69) is 26.0 Å². The number of alkyl halides is 4. The van der Waals surface area contributed by atoms with Crippen LogP contribution in [0.2, 0.25) is 0 Å². The number of nitrogens with one attached hydrogen (secondary N) is 1. The molecular weight excluding hydrogens is 251 g/mol. The van der Waals surface area contributed by atoms with E-state index >= 15 is 0 Å². The van der Waals surface area contributed by atoms with Gasteiger partial charge in [0.1, 0.15) is 0 Å². The fraction of sp³-hybridized carbons (Fsp3) is 1.00. The zero-order chi connectivity index (χ0) is 10.2. The molecule has 0 aromatic carbocycles. The van der Waals surface area contributed by atoms with Gasteiger partial charge in [-0.05, 0) is 19.4 Å². The van der Waals surface area contributed by atoms with Gasteiger partial charge in [-0.3, -0.25) is 4.74 Å². The van der Waals surface area contributed by atoms with E-state index in [1.54, 1.807) is 0 Å². The lowest BCUT2D eigenvalue weighted by molar-refractivity contribution is -0.323. The Morgan fingerprint density at radius 1 is 1.15 bits per heavy atom. The lowest BCUT2D eigenvalue weighted by atomic mass is 10.3. The molecule has 0 fully saturated rings. The molecule has 0 heterocycles. The smallest absolute Gasteiger partial charge is 0.314 e. The SMILES string of the molecule is FC(F)(F)OCCNCCCCBr. The molecule has 0 unspecified atom stereocenters. The van der Waals surface area contributed by atoms with E-state index < -0.39 is 6.36 Å². The molecule has 0 bridgehead atoms. The molecule has 0 spiro atoms. The number of rotatable bonds is 7. The van der Waals surface area contributed by atoms with E-state index in [1.807, 2.05) is 0 Å². The Morgan fingerprint density at radius 2 is 1.85 bits per heavy atom. The van der Waals surface area contributed by atoms with Crippen LogP contribution >= 0.6 is 15.9 Å². The third-order valence-corrected chi connectivity index (χ3v) is 1.84. The molecule has 13 heavy (non-hydrogen) atoms. The van der Waals surface area contributed by atoms with Gasteiger partial charge in [-0.2, -0.15) is 0 Å². The van der Waals surface area contributed by atoms with Crippen LogP contribution in [0.5, 0.6) is 0 Å². The first-order valence-corrected chi connectivity index (χ1v) is 5.16.